The molecule has 0 aliphatic carbocycles. The van der Waals surface area contributed by atoms with Gasteiger partial charge in [0.05, 0.1) is 6.04 Å². The Labute approximate surface area is 236 Å². The summed E-state index contributed by atoms with van der Waals surface area (Å²) in [5, 5.41) is 2.88. The van der Waals surface area contributed by atoms with Gasteiger partial charge in [0.15, 0.2) is 5.76 Å². The monoisotopic (exact) mass is 536 g/mol. The second-order valence-electron chi connectivity index (χ2n) is 10.8. The van der Waals surface area contributed by atoms with Crippen LogP contribution < -0.4 is 10.1 Å². The summed E-state index contributed by atoms with van der Waals surface area (Å²) < 4.78 is 11.9. The van der Waals surface area contributed by atoms with Crippen LogP contribution in [0, 0.1) is 12.8 Å². The van der Waals surface area contributed by atoms with Crippen molar-refractivity contribution in [2.24, 2.45) is 5.92 Å². The smallest absolute Gasteiger partial charge is 0.287 e. The predicted molar refractivity (Wildman–Crippen MR) is 155 cm³/mol. The van der Waals surface area contributed by atoms with E-state index in [4.69, 9.17) is 9.15 Å². The van der Waals surface area contributed by atoms with E-state index >= 15 is 0 Å². The summed E-state index contributed by atoms with van der Waals surface area (Å²) in [6.45, 7) is 7.54. The van der Waals surface area contributed by atoms with E-state index < -0.39 is 0 Å². The molecule has 0 spiro atoms. The SMILES string of the molecule is Cc1ccc(C2c3cc(OCc4ccc(C(=O)NCc5ccccc5)o4)ccc3CCN2C(=O)CC(C)C)cc1. The van der Waals surface area contributed by atoms with Crippen molar-refractivity contribution in [1.82, 2.24) is 10.2 Å². The van der Waals surface area contributed by atoms with Crippen molar-refractivity contribution >= 4 is 11.8 Å². The van der Waals surface area contributed by atoms with Crippen LogP contribution in [0.2, 0.25) is 0 Å². The first kappa shape index (κ1) is 27.3. The molecule has 1 N–H and O–H groups in total. The van der Waals surface area contributed by atoms with Gasteiger partial charge in [-0.15, -0.1) is 0 Å². The lowest BCUT2D eigenvalue weighted by atomic mass is 9.87. The van der Waals surface area contributed by atoms with Crippen LogP contribution in [0.5, 0.6) is 5.75 Å². The van der Waals surface area contributed by atoms with E-state index in [-0.39, 0.29) is 30.2 Å². The number of carbonyl (C=O) groups is 2. The Kier molecular flexibility index (Phi) is 8.34. The van der Waals surface area contributed by atoms with E-state index in [9.17, 15) is 9.59 Å². The molecule has 3 aromatic carbocycles. The van der Waals surface area contributed by atoms with E-state index in [0.717, 1.165) is 23.1 Å². The number of benzene rings is 3. The van der Waals surface area contributed by atoms with Crippen LogP contribution in [0.1, 0.15) is 70.4 Å². The lowest BCUT2D eigenvalue weighted by Crippen LogP contribution is -2.41. The summed E-state index contributed by atoms with van der Waals surface area (Å²) in [4.78, 5) is 27.8. The van der Waals surface area contributed by atoms with Crippen LogP contribution >= 0.6 is 0 Å². The molecule has 1 aliphatic rings. The molecular weight excluding hydrogens is 500 g/mol. The Morgan fingerprint density at radius 2 is 1.77 bits per heavy atom. The van der Waals surface area contributed by atoms with Gasteiger partial charge in [-0.2, -0.15) is 0 Å². The molecule has 0 saturated heterocycles. The predicted octanol–water partition coefficient (Wildman–Crippen LogP) is 6.62. The number of fused-ring (bicyclic) bond motifs is 1. The van der Waals surface area contributed by atoms with Crippen molar-refractivity contribution in [3.63, 3.8) is 0 Å². The fourth-order valence-electron chi connectivity index (χ4n) is 5.12. The van der Waals surface area contributed by atoms with E-state index in [1.54, 1.807) is 12.1 Å². The minimum absolute atomic E-state index is 0.164. The average Bonchev–Trinajstić information content (AvgIpc) is 3.44. The molecule has 40 heavy (non-hydrogen) atoms. The van der Waals surface area contributed by atoms with Crippen molar-refractivity contribution < 1.29 is 18.7 Å². The van der Waals surface area contributed by atoms with E-state index in [1.807, 2.05) is 47.4 Å². The van der Waals surface area contributed by atoms with Crippen LogP contribution in [0.3, 0.4) is 0 Å². The lowest BCUT2D eigenvalue weighted by molar-refractivity contribution is -0.134. The zero-order valence-electron chi connectivity index (χ0n) is 23.4. The van der Waals surface area contributed by atoms with Gasteiger partial charge in [-0.05, 0) is 65.8 Å². The number of furan rings is 1. The summed E-state index contributed by atoms with van der Waals surface area (Å²) in [5.74, 6) is 1.70. The quantitative estimate of drug-likeness (QED) is 0.261. The van der Waals surface area contributed by atoms with Gasteiger partial charge in [-0.1, -0.05) is 80.1 Å². The van der Waals surface area contributed by atoms with Gasteiger partial charge in [0.25, 0.3) is 5.91 Å². The van der Waals surface area contributed by atoms with Crippen LogP contribution in [-0.2, 0) is 24.4 Å². The molecule has 0 saturated carbocycles. The molecule has 4 aromatic rings. The zero-order valence-corrected chi connectivity index (χ0v) is 23.4. The molecule has 0 bridgehead atoms. The molecule has 1 atom stereocenters. The molecule has 206 valence electrons. The first-order valence-corrected chi connectivity index (χ1v) is 13.9. The zero-order chi connectivity index (χ0) is 28.1. The molecule has 2 amide bonds. The van der Waals surface area contributed by atoms with Gasteiger partial charge in [0.2, 0.25) is 5.91 Å². The lowest BCUT2D eigenvalue weighted by Gasteiger charge is -2.38. The number of ether oxygens (including phenoxy) is 1. The fraction of sp³-hybridized carbons (Fsp3) is 0.294. The van der Waals surface area contributed by atoms with Crippen LogP contribution in [-0.4, -0.2) is 23.3 Å². The summed E-state index contributed by atoms with van der Waals surface area (Å²) in [6, 6.07) is 27.5. The summed E-state index contributed by atoms with van der Waals surface area (Å²) in [7, 11) is 0. The third-order valence-corrected chi connectivity index (χ3v) is 7.20. The fourth-order valence-corrected chi connectivity index (χ4v) is 5.12. The van der Waals surface area contributed by atoms with Gasteiger partial charge in [0.1, 0.15) is 18.1 Å². The first-order valence-electron chi connectivity index (χ1n) is 13.9. The highest BCUT2D eigenvalue weighted by Gasteiger charge is 2.32. The topological polar surface area (TPSA) is 71.8 Å². The maximum absolute atomic E-state index is 13.3. The minimum atomic E-state index is -0.268. The minimum Gasteiger partial charge on any atom is -0.486 e. The summed E-state index contributed by atoms with van der Waals surface area (Å²) in [6.07, 6.45) is 1.33. The number of nitrogens with zero attached hydrogens (tertiary/aromatic N) is 1. The Morgan fingerprint density at radius 3 is 2.52 bits per heavy atom. The third kappa shape index (κ3) is 6.45. The molecule has 6 heteroatoms. The highest BCUT2D eigenvalue weighted by Crippen LogP contribution is 2.38. The number of amides is 2. The highest BCUT2D eigenvalue weighted by atomic mass is 16.5. The number of nitrogens with one attached hydrogen (secondary N) is 1. The Hall–Kier alpha value is -4.32. The van der Waals surface area contributed by atoms with Gasteiger partial charge >= 0.3 is 0 Å². The highest BCUT2D eigenvalue weighted by molar-refractivity contribution is 5.91. The third-order valence-electron chi connectivity index (χ3n) is 7.20. The first-order chi connectivity index (χ1) is 19.4. The normalized spacial score (nSPS) is 14.6. The number of carbonyl (C=O) groups excluding carboxylic acids is 2. The van der Waals surface area contributed by atoms with Crippen molar-refractivity contribution in [3.8, 4) is 5.75 Å². The average molecular weight is 537 g/mol. The van der Waals surface area contributed by atoms with Gasteiger partial charge in [-0.3, -0.25) is 9.59 Å². The molecule has 1 aliphatic heterocycles. The molecule has 5 rings (SSSR count). The van der Waals surface area contributed by atoms with Crippen LogP contribution in [0.15, 0.2) is 89.3 Å². The van der Waals surface area contributed by atoms with E-state index in [2.05, 4.69) is 56.4 Å². The second-order valence-corrected chi connectivity index (χ2v) is 10.8. The summed E-state index contributed by atoms with van der Waals surface area (Å²) in [5.41, 5.74) is 5.61. The van der Waals surface area contributed by atoms with Crippen molar-refractivity contribution in [2.75, 3.05) is 6.54 Å². The van der Waals surface area contributed by atoms with E-state index in [1.165, 1.54) is 11.1 Å². The number of hydrogen-bond donors (Lipinski definition) is 1. The number of hydrogen-bond acceptors (Lipinski definition) is 4. The Bertz CT molecular complexity index is 1460. The molecule has 1 aromatic heterocycles. The molecule has 2 heterocycles. The molecule has 6 nitrogen and oxygen atoms in total. The van der Waals surface area contributed by atoms with Crippen molar-refractivity contribution in [1.29, 1.82) is 0 Å². The number of rotatable bonds is 9. The molecule has 0 fully saturated rings. The molecule has 1 unspecified atom stereocenters. The maximum atomic E-state index is 13.3. The van der Waals surface area contributed by atoms with Crippen LogP contribution in [0.25, 0.3) is 0 Å². The van der Waals surface area contributed by atoms with Crippen molar-refractivity contribution in [2.45, 2.75) is 52.8 Å². The van der Waals surface area contributed by atoms with E-state index in [0.29, 0.717) is 36.9 Å². The second kappa shape index (κ2) is 12.2. The Balaban J connectivity index is 1.30. The van der Waals surface area contributed by atoms with Gasteiger partial charge < -0.3 is 19.4 Å². The molecular formula is C34H36N2O4. The molecule has 0 radical (unpaired) electrons. The maximum Gasteiger partial charge on any atom is 0.287 e. The number of aryl methyl sites for hydroxylation is 1. The van der Waals surface area contributed by atoms with Crippen molar-refractivity contribution in [3.05, 3.63) is 124 Å². The standard InChI is InChI=1S/C34H36N2O4/c1-23(2)19-32(37)36-18-17-26-13-14-28(20-30(26)33(36)27-11-9-24(3)10-12-27)39-22-29-15-16-31(40-29)34(38)35-21-25-7-5-4-6-8-25/h4-16,20,23,33H,17-19,21-22H2,1-3H3,(H,35,38). The van der Waals surface area contributed by atoms with Gasteiger partial charge in [-0.25, -0.2) is 0 Å². The largest absolute Gasteiger partial charge is 0.486 e. The summed E-state index contributed by atoms with van der Waals surface area (Å²) >= 11 is 0. The van der Waals surface area contributed by atoms with Gasteiger partial charge in [0, 0.05) is 19.5 Å². The Morgan fingerprint density at radius 1 is 1.00 bits per heavy atom. The van der Waals surface area contributed by atoms with Crippen LogP contribution in [0.4, 0.5) is 0 Å².